The Balaban J connectivity index is 2.01. The summed E-state index contributed by atoms with van der Waals surface area (Å²) in [6, 6.07) is 8.72. The zero-order valence-electron chi connectivity index (χ0n) is 11.1. The molecule has 2 rings (SSSR count). The van der Waals surface area contributed by atoms with Gasteiger partial charge in [0.2, 0.25) is 10.0 Å². The molecule has 112 valence electrons. The fourth-order valence-electron chi connectivity index (χ4n) is 1.76. The van der Waals surface area contributed by atoms with Crippen LogP contribution in [0.15, 0.2) is 47.5 Å². The molecule has 0 bridgehead atoms. The van der Waals surface area contributed by atoms with E-state index < -0.39 is 10.0 Å². The van der Waals surface area contributed by atoms with Crippen LogP contribution in [0, 0.1) is 5.82 Å². The molecule has 0 spiro atoms. The first-order chi connectivity index (χ1) is 10.0. The third kappa shape index (κ3) is 4.22. The van der Waals surface area contributed by atoms with Crippen LogP contribution in [0.1, 0.15) is 5.56 Å². The van der Waals surface area contributed by atoms with E-state index >= 15 is 0 Å². The minimum absolute atomic E-state index is 0.0599. The lowest BCUT2D eigenvalue weighted by atomic mass is 10.1. The van der Waals surface area contributed by atoms with Gasteiger partial charge in [0.15, 0.2) is 0 Å². The number of nitrogens with zero attached hydrogens (tertiary/aromatic N) is 1. The Labute approximate surface area is 122 Å². The van der Waals surface area contributed by atoms with E-state index in [9.17, 15) is 12.8 Å². The molecule has 4 N–H and O–H groups in total. The van der Waals surface area contributed by atoms with Crippen LogP contribution in [0.3, 0.4) is 0 Å². The summed E-state index contributed by atoms with van der Waals surface area (Å²) in [6.45, 7) is 0.166. The van der Waals surface area contributed by atoms with Gasteiger partial charge in [-0.3, -0.25) is 0 Å². The third-order valence-electron chi connectivity index (χ3n) is 2.78. The van der Waals surface area contributed by atoms with Gasteiger partial charge in [-0.05, 0) is 30.2 Å². The van der Waals surface area contributed by atoms with Crippen LogP contribution >= 0.6 is 0 Å². The summed E-state index contributed by atoms with van der Waals surface area (Å²) in [6.07, 6.45) is 1.74. The Morgan fingerprint density at radius 1 is 1.24 bits per heavy atom. The van der Waals surface area contributed by atoms with Gasteiger partial charge in [0, 0.05) is 18.8 Å². The minimum Gasteiger partial charge on any atom is -0.308 e. The molecule has 1 heterocycles. The lowest BCUT2D eigenvalue weighted by molar-refractivity contribution is 0.581. The molecule has 0 aliphatic carbocycles. The van der Waals surface area contributed by atoms with E-state index in [0.29, 0.717) is 6.42 Å². The summed E-state index contributed by atoms with van der Waals surface area (Å²) in [5, 5.41) is 0. The van der Waals surface area contributed by atoms with Crippen LogP contribution in [0.2, 0.25) is 0 Å². The molecule has 1 aromatic heterocycles. The molecule has 1 aromatic carbocycles. The molecule has 8 heteroatoms. The number of nitrogens with two attached hydrogens (primary N) is 1. The van der Waals surface area contributed by atoms with Crippen molar-refractivity contribution in [3.8, 4) is 0 Å². The molecule has 0 fully saturated rings. The number of hydrogen-bond acceptors (Lipinski definition) is 5. The molecule has 0 saturated heterocycles. The molecule has 0 saturated carbocycles. The summed E-state index contributed by atoms with van der Waals surface area (Å²) < 4.78 is 39.6. The second-order valence-electron chi connectivity index (χ2n) is 4.30. The van der Waals surface area contributed by atoms with E-state index in [2.05, 4.69) is 15.1 Å². The van der Waals surface area contributed by atoms with Crippen LogP contribution in [0.4, 0.5) is 10.2 Å². The highest BCUT2D eigenvalue weighted by molar-refractivity contribution is 7.89. The number of pyridine rings is 1. The molecule has 0 unspecified atom stereocenters. The first kappa shape index (κ1) is 15.4. The number of anilines is 1. The maximum Gasteiger partial charge on any atom is 0.240 e. The highest BCUT2D eigenvalue weighted by Crippen LogP contribution is 2.12. The average Bonchev–Trinajstić information content (AvgIpc) is 2.47. The predicted molar refractivity (Wildman–Crippen MR) is 77.3 cm³/mol. The van der Waals surface area contributed by atoms with Gasteiger partial charge in [-0.1, -0.05) is 12.1 Å². The van der Waals surface area contributed by atoms with Gasteiger partial charge in [0.05, 0.1) is 4.90 Å². The number of aromatic nitrogens is 1. The van der Waals surface area contributed by atoms with E-state index in [4.69, 9.17) is 5.84 Å². The lowest BCUT2D eigenvalue weighted by Crippen LogP contribution is -2.26. The second-order valence-corrected chi connectivity index (χ2v) is 6.07. The summed E-state index contributed by atoms with van der Waals surface area (Å²) in [4.78, 5) is 3.90. The number of sulfonamides is 1. The minimum atomic E-state index is -3.65. The topological polar surface area (TPSA) is 97.1 Å². The van der Waals surface area contributed by atoms with E-state index in [1.54, 1.807) is 12.1 Å². The lowest BCUT2D eigenvalue weighted by Gasteiger charge is -2.08. The van der Waals surface area contributed by atoms with Crippen molar-refractivity contribution in [2.75, 3.05) is 12.0 Å². The normalized spacial score (nSPS) is 11.3. The van der Waals surface area contributed by atoms with Crippen molar-refractivity contribution in [2.45, 2.75) is 11.3 Å². The Hall–Kier alpha value is -2.03. The number of rotatable bonds is 6. The van der Waals surface area contributed by atoms with E-state index in [0.717, 1.165) is 5.56 Å². The summed E-state index contributed by atoms with van der Waals surface area (Å²) in [7, 11) is -3.65. The highest BCUT2D eigenvalue weighted by Gasteiger charge is 2.14. The molecule has 0 aliphatic rings. The Bertz CT molecular complexity index is 722. The van der Waals surface area contributed by atoms with Gasteiger partial charge in [-0.15, -0.1) is 0 Å². The Kier molecular flexibility index (Phi) is 4.84. The maximum atomic E-state index is 13.0. The number of hydrazine groups is 1. The number of nitrogens with one attached hydrogen (secondary N) is 2. The van der Waals surface area contributed by atoms with Gasteiger partial charge in [0.25, 0.3) is 0 Å². The maximum absolute atomic E-state index is 13.0. The smallest absolute Gasteiger partial charge is 0.240 e. The Morgan fingerprint density at radius 3 is 2.76 bits per heavy atom. The van der Waals surface area contributed by atoms with Gasteiger partial charge in [-0.2, -0.15) is 0 Å². The van der Waals surface area contributed by atoms with E-state index in [-0.39, 0.29) is 23.1 Å². The molecule has 21 heavy (non-hydrogen) atoms. The molecule has 0 atom stereocenters. The first-order valence-corrected chi connectivity index (χ1v) is 7.66. The van der Waals surface area contributed by atoms with Crippen molar-refractivity contribution < 1.29 is 12.8 Å². The number of halogens is 1. The quantitative estimate of drug-likeness (QED) is 0.547. The van der Waals surface area contributed by atoms with Gasteiger partial charge < -0.3 is 5.43 Å². The van der Waals surface area contributed by atoms with Crippen LogP contribution in [-0.2, 0) is 16.4 Å². The predicted octanol–water partition coefficient (Wildman–Crippen LogP) is 1.03. The summed E-state index contributed by atoms with van der Waals surface area (Å²) >= 11 is 0. The zero-order chi connectivity index (χ0) is 15.3. The van der Waals surface area contributed by atoms with Crippen molar-refractivity contribution in [3.05, 3.63) is 54.0 Å². The molecule has 6 nitrogen and oxygen atoms in total. The largest absolute Gasteiger partial charge is 0.308 e. The van der Waals surface area contributed by atoms with Crippen LogP contribution in [-0.4, -0.2) is 19.9 Å². The number of nitrogen functional groups attached to an aromatic ring is 1. The highest BCUT2D eigenvalue weighted by atomic mass is 32.2. The molecular formula is C13H15FN4O2S. The average molecular weight is 310 g/mol. The summed E-state index contributed by atoms with van der Waals surface area (Å²) in [5.74, 6) is 5.10. The molecule has 2 aromatic rings. The summed E-state index contributed by atoms with van der Waals surface area (Å²) in [5.41, 5.74) is 3.00. The fourth-order valence-corrected chi connectivity index (χ4v) is 2.81. The SMILES string of the molecule is NNc1cc(S(=O)(=O)NCCc2cccc(F)c2)ccn1. The van der Waals surface area contributed by atoms with Crippen molar-refractivity contribution in [1.29, 1.82) is 0 Å². The van der Waals surface area contributed by atoms with Gasteiger partial charge >= 0.3 is 0 Å². The van der Waals surface area contributed by atoms with Gasteiger partial charge in [0.1, 0.15) is 11.6 Å². The van der Waals surface area contributed by atoms with Crippen LogP contribution in [0.25, 0.3) is 0 Å². The van der Waals surface area contributed by atoms with E-state index in [1.165, 1.54) is 30.5 Å². The zero-order valence-corrected chi connectivity index (χ0v) is 11.9. The third-order valence-corrected chi connectivity index (χ3v) is 4.24. The fraction of sp³-hybridized carbons (Fsp3) is 0.154. The number of benzene rings is 1. The molecule has 0 radical (unpaired) electrons. The van der Waals surface area contributed by atoms with Crippen molar-refractivity contribution in [1.82, 2.24) is 9.71 Å². The van der Waals surface area contributed by atoms with Crippen LogP contribution < -0.4 is 16.0 Å². The monoisotopic (exact) mass is 310 g/mol. The van der Waals surface area contributed by atoms with Crippen molar-refractivity contribution in [3.63, 3.8) is 0 Å². The first-order valence-electron chi connectivity index (χ1n) is 6.18. The van der Waals surface area contributed by atoms with E-state index in [1.807, 2.05) is 0 Å². The van der Waals surface area contributed by atoms with Gasteiger partial charge in [-0.25, -0.2) is 28.4 Å². The molecule has 0 aliphatic heterocycles. The van der Waals surface area contributed by atoms with Crippen LogP contribution in [0.5, 0.6) is 0 Å². The molecular weight excluding hydrogens is 295 g/mol. The number of hydrogen-bond donors (Lipinski definition) is 3. The Morgan fingerprint density at radius 2 is 2.05 bits per heavy atom. The van der Waals surface area contributed by atoms with Crippen molar-refractivity contribution >= 4 is 15.8 Å². The second kappa shape index (κ2) is 6.61. The molecule has 0 amide bonds. The standard InChI is InChI=1S/C13H15FN4O2S/c14-11-3-1-2-10(8-11)4-7-17-21(19,20)12-5-6-16-13(9-12)18-15/h1-3,5-6,8-9,17H,4,7,15H2,(H,16,18). The van der Waals surface area contributed by atoms with Crippen molar-refractivity contribution in [2.24, 2.45) is 5.84 Å².